The lowest BCUT2D eigenvalue weighted by atomic mass is 10.2. The van der Waals surface area contributed by atoms with E-state index in [4.69, 9.17) is 9.47 Å². The molecule has 7 heteroatoms. The second kappa shape index (κ2) is 7.40. The summed E-state index contributed by atoms with van der Waals surface area (Å²) in [6.45, 7) is -0.0814. The second-order valence-electron chi connectivity index (χ2n) is 5.07. The number of carbonyl (C=O) groups excluding carboxylic acids is 1. The summed E-state index contributed by atoms with van der Waals surface area (Å²) in [6.07, 6.45) is 0. The molecule has 0 radical (unpaired) electrons. The quantitative estimate of drug-likeness (QED) is 0.630. The Labute approximate surface area is 146 Å². The fourth-order valence-electron chi connectivity index (χ4n) is 2.10. The van der Waals surface area contributed by atoms with E-state index in [1.54, 1.807) is 17.5 Å². The Morgan fingerprint density at radius 3 is 2.60 bits per heavy atom. The number of aromatic nitrogens is 1. The monoisotopic (exact) mass is 361 g/mol. The van der Waals surface area contributed by atoms with Crippen LogP contribution in [0.1, 0.15) is 16.1 Å². The van der Waals surface area contributed by atoms with Crippen LogP contribution in [0.3, 0.4) is 0 Å². The number of esters is 1. The van der Waals surface area contributed by atoms with Crippen molar-refractivity contribution in [1.82, 2.24) is 4.98 Å². The predicted molar refractivity (Wildman–Crippen MR) is 89.6 cm³/mol. The van der Waals surface area contributed by atoms with E-state index < -0.39 is 11.8 Å². The van der Waals surface area contributed by atoms with Crippen LogP contribution >= 0.6 is 11.3 Å². The van der Waals surface area contributed by atoms with Gasteiger partial charge in [-0.15, -0.1) is 11.3 Å². The summed E-state index contributed by atoms with van der Waals surface area (Å²) in [5.41, 5.74) is 1.13. The summed E-state index contributed by atoms with van der Waals surface area (Å²) in [4.78, 5) is 16.3. The molecule has 4 nitrogen and oxygen atoms in total. The van der Waals surface area contributed by atoms with Gasteiger partial charge in [0.2, 0.25) is 0 Å². The van der Waals surface area contributed by atoms with E-state index in [9.17, 15) is 13.6 Å². The van der Waals surface area contributed by atoms with Crippen LogP contribution in [0.4, 0.5) is 8.78 Å². The predicted octanol–water partition coefficient (Wildman–Crippen LogP) is 4.45. The van der Waals surface area contributed by atoms with Gasteiger partial charge in [-0.05, 0) is 36.4 Å². The maximum atomic E-state index is 13.8. The van der Waals surface area contributed by atoms with Crippen molar-refractivity contribution < 1.29 is 23.0 Å². The highest BCUT2D eigenvalue weighted by molar-refractivity contribution is 7.13. The molecule has 0 spiro atoms. The molecule has 1 aromatic heterocycles. The zero-order valence-corrected chi connectivity index (χ0v) is 14.0. The Hall–Kier alpha value is -2.80. The molecule has 0 saturated carbocycles. The van der Waals surface area contributed by atoms with Gasteiger partial charge in [0.05, 0.1) is 18.4 Å². The van der Waals surface area contributed by atoms with Crippen molar-refractivity contribution in [3.63, 3.8) is 0 Å². The van der Waals surface area contributed by atoms with Gasteiger partial charge in [-0.3, -0.25) is 0 Å². The molecule has 3 rings (SSSR count). The van der Waals surface area contributed by atoms with Gasteiger partial charge < -0.3 is 9.47 Å². The number of methoxy groups -OCH3 is 1. The van der Waals surface area contributed by atoms with Crippen LogP contribution in [0.5, 0.6) is 5.75 Å². The summed E-state index contributed by atoms with van der Waals surface area (Å²) >= 11 is 1.35. The van der Waals surface area contributed by atoms with Crippen LogP contribution < -0.4 is 4.74 Å². The zero-order valence-electron chi connectivity index (χ0n) is 13.2. The number of thiazole rings is 1. The van der Waals surface area contributed by atoms with E-state index in [0.29, 0.717) is 16.5 Å². The fraction of sp³-hybridized carbons (Fsp3) is 0.111. The topological polar surface area (TPSA) is 48.4 Å². The van der Waals surface area contributed by atoms with Crippen molar-refractivity contribution in [2.24, 2.45) is 0 Å². The zero-order chi connectivity index (χ0) is 17.8. The number of hydrogen-bond donors (Lipinski definition) is 0. The smallest absolute Gasteiger partial charge is 0.341 e. The van der Waals surface area contributed by atoms with Crippen molar-refractivity contribution in [3.8, 4) is 16.3 Å². The Balaban J connectivity index is 1.66. The maximum absolute atomic E-state index is 13.8. The standard InChI is InChI=1S/C18H13F2NO3S/c1-23-14-6-7-15(16(20)8-14)18(22)24-9-13-10-25-17(21-13)11-2-4-12(19)5-3-11/h2-8,10H,9H2,1H3. The number of ether oxygens (including phenoxy) is 2. The molecule has 0 aliphatic rings. The van der Waals surface area contributed by atoms with Crippen LogP contribution in [0.15, 0.2) is 47.8 Å². The molecule has 0 bridgehead atoms. The minimum atomic E-state index is -0.781. The van der Waals surface area contributed by atoms with Crippen LogP contribution in [-0.4, -0.2) is 18.1 Å². The summed E-state index contributed by atoms with van der Waals surface area (Å²) in [7, 11) is 1.41. The number of nitrogens with zero attached hydrogens (tertiary/aromatic N) is 1. The molecular weight excluding hydrogens is 348 g/mol. The van der Waals surface area contributed by atoms with Gasteiger partial charge in [0.1, 0.15) is 29.0 Å². The number of carbonyl (C=O) groups is 1. The van der Waals surface area contributed by atoms with E-state index in [1.165, 1.54) is 42.7 Å². The van der Waals surface area contributed by atoms with Crippen molar-refractivity contribution in [1.29, 1.82) is 0 Å². The molecule has 0 fully saturated rings. The molecule has 0 N–H and O–H groups in total. The lowest BCUT2D eigenvalue weighted by molar-refractivity contribution is 0.0463. The molecular formula is C18H13F2NO3S. The molecule has 25 heavy (non-hydrogen) atoms. The van der Waals surface area contributed by atoms with Crippen molar-refractivity contribution in [2.75, 3.05) is 7.11 Å². The highest BCUT2D eigenvalue weighted by Gasteiger charge is 2.15. The van der Waals surface area contributed by atoms with Crippen molar-refractivity contribution >= 4 is 17.3 Å². The first-order chi connectivity index (χ1) is 12.1. The largest absolute Gasteiger partial charge is 0.497 e. The van der Waals surface area contributed by atoms with Gasteiger partial charge in [-0.25, -0.2) is 18.6 Å². The van der Waals surface area contributed by atoms with Gasteiger partial charge in [-0.1, -0.05) is 0 Å². The Kier molecular flexibility index (Phi) is 5.04. The molecule has 1 heterocycles. The third-order valence-electron chi connectivity index (χ3n) is 3.39. The van der Waals surface area contributed by atoms with Gasteiger partial charge in [0.15, 0.2) is 0 Å². The number of halogens is 2. The normalized spacial score (nSPS) is 10.5. The highest BCUT2D eigenvalue weighted by atomic mass is 32.1. The number of rotatable bonds is 5. The highest BCUT2D eigenvalue weighted by Crippen LogP contribution is 2.24. The first-order valence-electron chi connectivity index (χ1n) is 7.28. The minimum Gasteiger partial charge on any atom is -0.497 e. The summed E-state index contributed by atoms with van der Waals surface area (Å²) in [6, 6.07) is 9.85. The van der Waals surface area contributed by atoms with Gasteiger partial charge in [0, 0.05) is 17.0 Å². The Morgan fingerprint density at radius 2 is 1.92 bits per heavy atom. The first-order valence-corrected chi connectivity index (χ1v) is 8.16. The molecule has 0 unspecified atom stereocenters. The Morgan fingerprint density at radius 1 is 1.16 bits per heavy atom. The summed E-state index contributed by atoms with van der Waals surface area (Å²) < 4.78 is 36.8. The van der Waals surface area contributed by atoms with Crippen molar-refractivity contribution in [2.45, 2.75) is 6.61 Å². The molecule has 2 aromatic carbocycles. The van der Waals surface area contributed by atoms with Gasteiger partial charge in [0.25, 0.3) is 0 Å². The maximum Gasteiger partial charge on any atom is 0.341 e. The van der Waals surface area contributed by atoms with Crippen LogP contribution in [-0.2, 0) is 11.3 Å². The third-order valence-corrected chi connectivity index (χ3v) is 4.33. The van der Waals surface area contributed by atoms with Gasteiger partial charge in [-0.2, -0.15) is 0 Å². The SMILES string of the molecule is COc1ccc(C(=O)OCc2csc(-c3ccc(F)cc3)n2)c(F)c1. The average molecular weight is 361 g/mol. The van der Waals surface area contributed by atoms with E-state index in [0.717, 1.165) is 11.6 Å². The van der Waals surface area contributed by atoms with E-state index >= 15 is 0 Å². The molecule has 0 atom stereocenters. The van der Waals surface area contributed by atoms with Crippen molar-refractivity contribution in [3.05, 3.63) is 70.7 Å². The third kappa shape index (κ3) is 4.00. The van der Waals surface area contributed by atoms with E-state index in [-0.39, 0.29) is 18.0 Å². The number of hydrogen-bond acceptors (Lipinski definition) is 5. The summed E-state index contributed by atoms with van der Waals surface area (Å²) in [5.74, 6) is -1.50. The Bertz CT molecular complexity index is 894. The van der Waals surface area contributed by atoms with Gasteiger partial charge >= 0.3 is 5.97 Å². The molecule has 0 aliphatic heterocycles. The number of benzene rings is 2. The lowest BCUT2D eigenvalue weighted by Gasteiger charge is -2.05. The second-order valence-corrected chi connectivity index (χ2v) is 5.93. The lowest BCUT2D eigenvalue weighted by Crippen LogP contribution is -2.08. The molecule has 0 aliphatic carbocycles. The molecule has 0 saturated heterocycles. The molecule has 3 aromatic rings. The van der Waals surface area contributed by atoms with Crippen LogP contribution in [0, 0.1) is 11.6 Å². The van der Waals surface area contributed by atoms with Crippen LogP contribution in [0.25, 0.3) is 10.6 Å². The first kappa shape index (κ1) is 17.0. The minimum absolute atomic E-state index is 0.0814. The fourth-order valence-corrected chi connectivity index (χ4v) is 2.91. The average Bonchev–Trinajstić information content (AvgIpc) is 3.09. The van der Waals surface area contributed by atoms with E-state index in [2.05, 4.69) is 4.98 Å². The van der Waals surface area contributed by atoms with E-state index in [1.807, 2.05) is 0 Å². The molecule has 0 amide bonds. The summed E-state index contributed by atoms with van der Waals surface area (Å²) in [5, 5.41) is 2.41. The molecule has 128 valence electrons. The van der Waals surface area contributed by atoms with Crippen LogP contribution in [0.2, 0.25) is 0 Å².